The zero-order valence-corrected chi connectivity index (χ0v) is 15.4. The molecule has 2 atom stereocenters. The van der Waals surface area contributed by atoms with Crippen LogP contribution < -0.4 is 9.47 Å². The van der Waals surface area contributed by atoms with E-state index in [4.69, 9.17) is 30.6 Å². The number of fused-ring (bicyclic) bond motifs is 3. The van der Waals surface area contributed by atoms with Gasteiger partial charge in [-0.2, -0.15) is 5.10 Å². The molecule has 0 saturated carbocycles. The van der Waals surface area contributed by atoms with E-state index < -0.39 is 6.23 Å². The predicted molar refractivity (Wildman–Crippen MR) is 102 cm³/mol. The Bertz CT molecular complexity index is 999. The van der Waals surface area contributed by atoms with Crippen molar-refractivity contribution < 1.29 is 13.9 Å². The minimum atomic E-state index is -0.408. The highest BCUT2D eigenvalue weighted by molar-refractivity contribution is 6.30. The highest BCUT2D eigenvalue weighted by atomic mass is 35.5. The average molecular weight is 381 g/mol. The molecule has 0 amide bonds. The fourth-order valence-electron chi connectivity index (χ4n) is 3.64. The van der Waals surface area contributed by atoms with Gasteiger partial charge in [-0.1, -0.05) is 11.6 Å². The van der Waals surface area contributed by atoms with Crippen LogP contribution in [-0.2, 0) is 0 Å². The summed E-state index contributed by atoms with van der Waals surface area (Å²) in [6.45, 7) is 0. The summed E-state index contributed by atoms with van der Waals surface area (Å²) in [5.41, 5.74) is 3.10. The van der Waals surface area contributed by atoms with Crippen molar-refractivity contribution in [2.75, 3.05) is 7.11 Å². The molecule has 2 aliphatic heterocycles. The SMILES string of the molecule is COc1ccc(C2=NN3[C@@H](c4ccco4)Oc4ccc(Cl)cc4[C@@H]3C2)cc1. The van der Waals surface area contributed by atoms with Gasteiger partial charge in [-0.05, 0) is 60.2 Å². The van der Waals surface area contributed by atoms with Crippen LogP contribution in [0.2, 0.25) is 5.02 Å². The quantitative estimate of drug-likeness (QED) is 0.627. The van der Waals surface area contributed by atoms with Gasteiger partial charge in [0, 0.05) is 17.0 Å². The maximum Gasteiger partial charge on any atom is 0.246 e. The van der Waals surface area contributed by atoms with Gasteiger partial charge in [-0.3, -0.25) is 0 Å². The molecule has 0 unspecified atom stereocenters. The van der Waals surface area contributed by atoms with Gasteiger partial charge in [0.1, 0.15) is 11.5 Å². The second-order valence-electron chi connectivity index (χ2n) is 6.54. The van der Waals surface area contributed by atoms with Gasteiger partial charge in [0.2, 0.25) is 6.23 Å². The molecule has 0 fully saturated rings. The Balaban J connectivity index is 1.57. The maximum absolute atomic E-state index is 6.25. The Morgan fingerprint density at radius 1 is 1.15 bits per heavy atom. The number of hydrogen-bond acceptors (Lipinski definition) is 5. The first-order valence-corrected chi connectivity index (χ1v) is 9.10. The van der Waals surface area contributed by atoms with E-state index in [1.807, 2.05) is 59.6 Å². The van der Waals surface area contributed by atoms with E-state index in [-0.39, 0.29) is 6.04 Å². The highest BCUT2D eigenvalue weighted by Gasteiger charge is 2.42. The van der Waals surface area contributed by atoms with Crippen molar-refractivity contribution in [1.29, 1.82) is 0 Å². The Hall–Kier alpha value is -2.92. The van der Waals surface area contributed by atoms with Gasteiger partial charge in [0.25, 0.3) is 0 Å². The molecule has 2 aliphatic rings. The average Bonchev–Trinajstić information content (AvgIpc) is 3.38. The molecular formula is C21H17ClN2O3. The van der Waals surface area contributed by atoms with E-state index >= 15 is 0 Å². The van der Waals surface area contributed by atoms with Crippen LogP contribution in [-0.4, -0.2) is 17.8 Å². The number of nitrogens with zero attached hydrogens (tertiary/aromatic N) is 2. The number of ether oxygens (including phenoxy) is 2. The highest BCUT2D eigenvalue weighted by Crippen LogP contribution is 2.48. The lowest BCUT2D eigenvalue weighted by atomic mass is 9.96. The molecule has 136 valence electrons. The molecule has 0 bridgehead atoms. The second-order valence-corrected chi connectivity index (χ2v) is 6.98. The normalized spacial score (nSPS) is 20.5. The Morgan fingerprint density at radius 3 is 2.74 bits per heavy atom. The van der Waals surface area contributed by atoms with Crippen LogP contribution in [0.5, 0.6) is 11.5 Å². The maximum atomic E-state index is 6.25. The number of halogens is 1. The summed E-state index contributed by atoms with van der Waals surface area (Å²) in [4.78, 5) is 0. The molecule has 1 aromatic heterocycles. The largest absolute Gasteiger partial charge is 0.497 e. The van der Waals surface area contributed by atoms with E-state index in [0.717, 1.165) is 40.5 Å². The number of hydrogen-bond donors (Lipinski definition) is 0. The molecule has 3 heterocycles. The minimum Gasteiger partial charge on any atom is -0.497 e. The Morgan fingerprint density at radius 2 is 2.00 bits per heavy atom. The second kappa shape index (κ2) is 6.35. The lowest BCUT2D eigenvalue weighted by Crippen LogP contribution is -2.33. The van der Waals surface area contributed by atoms with Crippen molar-refractivity contribution in [3.8, 4) is 11.5 Å². The monoisotopic (exact) mass is 380 g/mol. The molecule has 0 radical (unpaired) electrons. The molecule has 0 N–H and O–H groups in total. The molecule has 6 heteroatoms. The smallest absolute Gasteiger partial charge is 0.246 e. The van der Waals surface area contributed by atoms with Crippen molar-refractivity contribution in [2.45, 2.75) is 18.7 Å². The van der Waals surface area contributed by atoms with Crippen molar-refractivity contribution >= 4 is 17.3 Å². The summed E-state index contributed by atoms with van der Waals surface area (Å²) in [5, 5.41) is 7.54. The minimum absolute atomic E-state index is 0.0413. The molecular weight excluding hydrogens is 364 g/mol. The van der Waals surface area contributed by atoms with Crippen LogP contribution in [0.4, 0.5) is 0 Å². The number of methoxy groups -OCH3 is 1. The third kappa shape index (κ3) is 2.75. The predicted octanol–water partition coefficient (Wildman–Crippen LogP) is 5.18. The van der Waals surface area contributed by atoms with Gasteiger partial charge < -0.3 is 13.9 Å². The van der Waals surface area contributed by atoms with Gasteiger partial charge in [-0.25, -0.2) is 5.01 Å². The van der Waals surface area contributed by atoms with Gasteiger partial charge in [0.05, 0.1) is 25.1 Å². The topological polar surface area (TPSA) is 47.2 Å². The molecule has 5 rings (SSSR count). The lowest BCUT2D eigenvalue weighted by molar-refractivity contribution is -0.0325. The standard InChI is InChI=1S/C21H17ClN2O3/c1-25-15-7-4-13(5-8-15)17-12-18-16-11-14(22)6-9-19(16)27-21(24(18)23-17)20-3-2-10-26-20/h2-11,18,21H,12H2,1H3/t18-,21+/m0/s1. The van der Waals surface area contributed by atoms with E-state index in [1.54, 1.807) is 13.4 Å². The summed E-state index contributed by atoms with van der Waals surface area (Å²) in [6.07, 6.45) is 2.00. The number of benzene rings is 2. The summed E-state index contributed by atoms with van der Waals surface area (Å²) in [5.74, 6) is 2.36. The van der Waals surface area contributed by atoms with Crippen LogP contribution in [0.25, 0.3) is 0 Å². The molecule has 0 spiro atoms. The molecule has 2 aromatic carbocycles. The van der Waals surface area contributed by atoms with Crippen molar-refractivity contribution in [1.82, 2.24) is 5.01 Å². The number of furan rings is 1. The third-order valence-electron chi connectivity index (χ3n) is 4.96. The lowest BCUT2D eigenvalue weighted by Gasteiger charge is -2.36. The van der Waals surface area contributed by atoms with Crippen LogP contribution >= 0.6 is 11.6 Å². The van der Waals surface area contributed by atoms with Crippen LogP contribution in [0, 0.1) is 0 Å². The van der Waals surface area contributed by atoms with E-state index in [0.29, 0.717) is 5.02 Å². The molecule has 27 heavy (non-hydrogen) atoms. The van der Waals surface area contributed by atoms with Gasteiger partial charge in [-0.15, -0.1) is 0 Å². The summed E-state index contributed by atoms with van der Waals surface area (Å²) < 4.78 is 17.1. The van der Waals surface area contributed by atoms with Crippen molar-refractivity contribution in [2.24, 2.45) is 5.10 Å². The molecule has 0 saturated heterocycles. The Kier molecular flexibility index (Phi) is 3.83. The fourth-order valence-corrected chi connectivity index (χ4v) is 3.82. The summed E-state index contributed by atoms with van der Waals surface area (Å²) in [6, 6.07) is 17.5. The first-order chi connectivity index (χ1) is 13.2. The third-order valence-corrected chi connectivity index (χ3v) is 5.20. The van der Waals surface area contributed by atoms with Gasteiger partial charge in [0.15, 0.2) is 5.76 Å². The van der Waals surface area contributed by atoms with Crippen LogP contribution in [0.1, 0.15) is 35.6 Å². The molecule has 5 nitrogen and oxygen atoms in total. The van der Waals surface area contributed by atoms with Crippen molar-refractivity contribution in [3.05, 3.63) is 82.8 Å². The van der Waals surface area contributed by atoms with E-state index in [1.165, 1.54) is 0 Å². The van der Waals surface area contributed by atoms with Crippen molar-refractivity contribution in [3.63, 3.8) is 0 Å². The first-order valence-electron chi connectivity index (χ1n) is 8.72. The van der Waals surface area contributed by atoms with Gasteiger partial charge >= 0.3 is 0 Å². The summed E-state index contributed by atoms with van der Waals surface area (Å²) in [7, 11) is 1.66. The first kappa shape index (κ1) is 16.3. The zero-order chi connectivity index (χ0) is 18.4. The molecule has 3 aromatic rings. The van der Waals surface area contributed by atoms with E-state index in [9.17, 15) is 0 Å². The zero-order valence-electron chi connectivity index (χ0n) is 14.6. The summed E-state index contributed by atoms with van der Waals surface area (Å²) >= 11 is 6.25. The van der Waals surface area contributed by atoms with Crippen LogP contribution in [0.3, 0.4) is 0 Å². The number of rotatable bonds is 3. The van der Waals surface area contributed by atoms with E-state index in [2.05, 4.69) is 0 Å². The number of hydrazone groups is 1. The molecule has 0 aliphatic carbocycles. The van der Waals surface area contributed by atoms with Crippen LogP contribution in [0.15, 0.2) is 70.4 Å². The Labute approximate surface area is 161 Å². The fraction of sp³-hybridized carbons (Fsp3) is 0.190.